The first-order valence-corrected chi connectivity index (χ1v) is 10.2. The highest BCUT2D eigenvalue weighted by Gasteiger charge is 2.33. The highest BCUT2D eigenvalue weighted by molar-refractivity contribution is 5.92. The Morgan fingerprint density at radius 3 is 2.56 bits per heavy atom. The first kappa shape index (κ1) is 19.9. The second-order valence-corrected chi connectivity index (χ2v) is 8.35. The van der Waals surface area contributed by atoms with E-state index in [0.29, 0.717) is 37.0 Å². The van der Waals surface area contributed by atoms with E-state index < -0.39 is 0 Å². The molecule has 0 aliphatic heterocycles. The lowest BCUT2D eigenvalue weighted by atomic mass is 9.89. The molecule has 1 heterocycles. The third kappa shape index (κ3) is 5.31. The maximum atomic E-state index is 13.1. The number of aromatic nitrogens is 1. The second-order valence-electron chi connectivity index (χ2n) is 8.35. The molecule has 1 aromatic heterocycles. The van der Waals surface area contributed by atoms with Crippen molar-refractivity contribution in [2.45, 2.75) is 76.8 Å². The number of nitrogens with zero attached hydrogens (tertiary/aromatic N) is 2. The van der Waals surface area contributed by atoms with Crippen molar-refractivity contribution in [2.75, 3.05) is 13.1 Å². The van der Waals surface area contributed by atoms with Crippen LogP contribution in [0.4, 0.5) is 0 Å². The lowest BCUT2D eigenvalue weighted by Crippen LogP contribution is -2.47. The molecule has 3 N–H and O–H groups in total. The number of rotatable bonds is 8. The van der Waals surface area contributed by atoms with Crippen LogP contribution >= 0.6 is 0 Å². The average molecular weight is 377 g/mol. The van der Waals surface area contributed by atoms with Crippen LogP contribution in [0.25, 0.3) is 0 Å². The Balaban J connectivity index is 1.61. The third-order valence-electron chi connectivity index (χ3n) is 5.42. The highest BCUT2D eigenvalue weighted by atomic mass is 16.5. The van der Waals surface area contributed by atoms with Gasteiger partial charge in [-0.25, -0.2) is 0 Å². The zero-order valence-electron chi connectivity index (χ0n) is 16.4. The summed E-state index contributed by atoms with van der Waals surface area (Å²) in [4.78, 5) is 26.8. The van der Waals surface area contributed by atoms with Crippen LogP contribution in [0.15, 0.2) is 10.6 Å². The molecule has 2 saturated carbocycles. The van der Waals surface area contributed by atoms with Gasteiger partial charge in [-0.05, 0) is 44.4 Å². The average Bonchev–Trinajstić information content (AvgIpc) is 3.37. The Labute approximate surface area is 161 Å². The summed E-state index contributed by atoms with van der Waals surface area (Å²) < 4.78 is 5.38. The lowest BCUT2D eigenvalue weighted by Gasteiger charge is -2.37. The smallest absolute Gasteiger partial charge is 0.276 e. The van der Waals surface area contributed by atoms with E-state index in [2.05, 4.69) is 24.3 Å². The summed E-state index contributed by atoms with van der Waals surface area (Å²) >= 11 is 0. The quantitative estimate of drug-likeness (QED) is 0.725. The monoisotopic (exact) mass is 376 g/mol. The van der Waals surface area contributed by atoms with Crippen molar-refractivity contribution < 1.29 is 14.1 Å². The van der Waals surface area contributed by atoms with E-state index >= 15 is 0 Å². The predicted octanol–water partition coefficient (Wildman–Crippen LogP) is 2.43. The van der Waals surface area contributed by atoms with E-state index in [1.54, 1.807) is 0 Å². The fourth-order valence-corrected chi connectivity index (χ4v) is 3.85. The van der Waals surface area contributed by atoms with Crippen molar-refractivity contribution in [3.8, 4) is 0 Å². The van der Waals surface area contributed by atoms with Crippen molar-refractivity contribution >= 4 is 11.8 Å². The largest absolute Gasteiger partial charge is 0.360 e. The minimum absolute atomic E-state index is 0.0197. The number of carbonyl (C=O) groups excluding carboxylic acids is 2. The molecule has 0 bridgehead atoms. The van der Waals surface area contributed by atoms with Gasteiger partial charge >= 0.3 is 0 Å². The second kappa shape index (κ2) is 8.87. The molecule has 150 valence electrons. The summed E-state index contributed by atoms with van der Waals surface area (Å²) in [6.07, 6.45) is 6.16. The minimum Gasteiger partial charge on any atom is -0.360 e. The van der Waals surface area contributed by atoms with Crippen LogP contribution in [0.2, 0.25) is 0 Å². The molecule has 0 saturated heterocycles. The van der Waals surface area contributed by atoms with Gasteiger partial charge in [-0.3, -0.25) is 9.59 Å². The van der Waals surface area contributed by atoms with Crippen molar-refractivity contribution in [1.29, 1.82) is 0 Å². The molecular formula is C20H32N4O3. The number of hydrogen-bond acceptors (Lipinski definition) is 5. The van der Waals surface area contributed by atoms with Crippen LogP contribution < -0.4 is 11.1 Å². The maximum Gasteiger partial charge on any atom is 0.276 e. The fraction of sp³-hybridized carbons (Fsp3) is 0.750. The summed E-state index contributed by atoms with van der Waals surface area (Å²) in [6.45, 7) is 5.33. The van der Waals surface area contributed by atoms with Gasteiger partial charge in [-0.15, -0.1) is 0 Å². The summed E-state index contributed by atoms with van der Waals surface area (Å²) in [6, 6.07) is 2.19. The molecule has 0 aromatic carbocycles. The molecular weight excluding hydrogens is 344 g/mol. The van der Waals surface area contributed by atoms with E-state index in [4.69, 9.17) is 10.3 Å². The van der Waals surface area contributed by atoms with Gasteiger partial charge in [-0.1, -0.05) is 19.0 Å². The molecule has 2 aliphatic rings. The molecule has 27 heavy (non-hydrogen) atoms. The highest BCUT2D eigenvalue weighted by Crippen LogP contribution is 2.40. The molecule has 7 heteroatoms. The fourth-order valence-electron chi connectivity index (χ4n) is 3.85. The summed E-state index contributed by atoms with van der Waals surface area (Å²) in [5.74, 6) is 1.66. The van der Waals surface area contributed by atoms with E-state index in [0.717, 1.165) is 44.3 Å². The SMILES string of the molecule is CC(C)CN(C(=O)c1cc(C2CC2)on1)C1CCC(NC(=O)CCN)CC1. The first-order valence-electron chi connectivity index (χ1n) is 10.2. The first-order chi connectivity index (χ1) is 13.0. The Hall–Kier alpha value is -1.89. The number of nitrogens with one attached hydrogen (secondary N) is 1. The van der Waals surface area contributed by atoms with Gasteiger partial charge in [0.2, 0.25) is 5.91 Å². The zero-order chi connectivity index (χ0) is 19.4. The van der Waals surface area contributed by atoms with Crippen LogP contribution in [0.3, 0.4) is 0 Å². The maximum absolute atomic E-state index is 13.1. The molecule has 0 radical (unpaired) electrons. The lowest BCUT2D eigenvalue weighted by molar-refractivity contribution is -0.121. The van der Waals surface area contributed by atoms with Gasteiger partial charge in [0.1, 0.15) is 5.76 Å². The summed E-state index contributed by atoms with van der Waals surface area (Å²) in [5, 5.41) is 7.09. The number of nitrogens with two attached hydrogens (primary N) is 1. The van der Waals surface area contributed by atoms with E-state index in [-0.39, 0.29) is 23.9 Å². The Bertz CT molecular complexity index is 645. The zero-order valence-corrected chi connectivity index (χ0v) is 16.4. The van der Waals surface area contributed by atoms with Gasteiger partial charge in [-0.2, -0.15) is 0 Å². The normalized spacial score (nSPS) is 22.7. The molecule has 1 aromatic rings. The molecule has 0 spiro atoms. The van der Waals surface area contributed by atoms with Crippen LogP contribution in [0.5, 0.6) is 0 Å². The van der Waals surface area contributed by atoms with Crippen molar-refractivity contribution in [1.82, 2.24) is 15.4 Å². The molecule has 3 rings (SSSR count). The van der Waals surface area contributed by atoms with Gasteiger partial charge in [0.25, 0.3) is 5.91 Å². The number of carbonyl (C=O) groups is 2. The Morgan fingerprint density at radius 1 is 1.26 bits per heavy atom. The van der Waals surface area contributed by atoms with Crippen LogP contribution in [-0.4, -0.2) is 47.0 Å². The van der Waals surface area contributed by atoms with Crippen molar-refractivity contribution in [3.63, 3.8) is 0 Å². The summed E-state index contributed by atoms with van der Waals surface area (Å²) in [7, 11) is 0. The molecule has 2 aliphatic carbocycles. The van der Waals surface area contributed by atoms with Crippen molar-refractivity contribution in [3.05, 3.63) is 17.5 Å². The van der Waals surface area contributed by atoms with E-state index in [1.165, 1.54) is 0 Å². The standard InChI is InChI=1S/C20H32N4O3/c1-13(2)12-24(20(26)17-11-18(27-23-17)14-3-4-14)16-7-5-15(6-8-16)22-19(25)9-10-21/h11,13-16H,3-10,12,21H2,1-2H3,(H,22,25). The molecule has 0 unspecified atom stereocenters. The summed E-state index contributed by atoms with van der Waals surface area (Å²) in [5.41, 5.74) is 5.86. The number of amides is 2. The van der Waals surface area contributed by atoms with E-state index in [9.17, 15) is 9.59 Å². The predicted molar refractivity (Wildman–Crippen MR) is 102 cm³/mol. The Kier molecular flexibility index (Phi) is 6.52. The van der Waals surface area contributed by atoms with Gasteiger partial charge in [0, 0.05) is 43.6 Å². The van der Waals surface area contributed by atoms with E-state index in [1.807, 2.05) is 11.0 Å². The van der Waals surface area contributed by atoms with Crippen LogP contribution in [0, 0.1) is 5.92 Å². The van der Waals surface area contributed by atoms with Crippen LogP contribution in [0.1, 0.15) is 81.0 Å². The molecule has 2 amide bonds. The topological polar surface area (TPSA) is 101 Å². The van der Waals surface area contributed by atoms with Crippen molar-refractivity contribution in [2.24, 2.45) is 11.7 Å². The molecule has 7 nitrogen and oxygen atoms in total. The third-order valence-corrected chi connectivity index (χ3v) is 5.42. The minimum atomic E-state index is -0.0324. The molecule has 2 fully saturated rings. The number of hydrogen-bond donors (Lipinski definition) is 2. The van der Waals surface area contributed by atoms with Gasteiger partial charge < -0.3 is 20.5 Å². The molecule has 0 atom stereocenters. The van der Waals surface area contributed by atoms with Gasteiger partial charge in [0.05, 0.1) is 0 Å². The van der Waals surface area contributed by atoms with Crippen LogP contribution in [-0.2, 0) is 4.79 Å². The Morgan fingerprint density at radius 2 is 1.96 bits per heavy atom. The van der Waals surface area contributed by atoms with Gasteiger partial charge in [0.15, 0.2) is 5.69 Å².